The highest BCUT2D eigenvalue weighted by Crippen LogP contribution is 2.43. The summed E-state index contributed by atoms with van der Waals surface area (Å²) < 4.78 is 18.8. The maximum absolute atomic E-state index is 13.9. The highest BCUT2D eigenvalue weighted by Gasteiger charge is 2.33. The van der Waals surface area contributed by atoms with Crippen molar-refractivity contribution in [2.75, 3.05) is 24.7 Å². The molecule has 2 amide bonds. The summed E-state index contributed by atoms with van der Waals surface area (Å²) >= 11 is 0. The van der Waals surface area contributed by atoms with E-state index in [4.69, 9.17) is 24.1 Å². The van der Waals surface area contributed by atoms with Crippen LogP contribution in [0.1, 0.15) is 112 Å². The van der Waals surface area contributed by atoms with Crippen LogP contribution in [-0.4, -0.2) is 63.2 Å². The summed E-state index contributed by atoms with van der Waals surface area (Å²) in [5.74, 6) is -0.264. The molecular weight excluding hydrogens is 665 g/mol. The van der Waals surface area contributed by atoms with Crippen molar-refractivity contribution < 1.29 is 28.3 Å². The minimum atomic E-state index is -1.82. The van der Waals surface area contributed by atoms with Gasteiger partial charge in [-0.3, -0.25) is 9.59 Å². The zero-order chi connectivity index (χ0) is 37.0. The Labute approximate surface area is 305 Å². The van der Waals surface area contributed by atoms with Crippen molar-refractivity contribution in [3.8, 4) is 22.5 Å². The molecule has 1 aromatic heterocycles. The van der Waals surface area contributed by atoms with E-state index < -0.39 is 14.1 Å². The summed E-state index contributed by atoms with van der Waals surface area (Å²) in [6.45, 7) is 16.4. The Bertz CT molecular complexity index is 1570. The third-order valence-corrected chi connectivity index (χ3v) is 10.1. The third-order valence-electron chi connectivity index (χ3n) is 9.12. The second-order valence-electron chi connectivity index (χ2n) is 14.8. The van der Waals surface area contributed by atoms with E-state index in [0.29, 0.717) is 26.3 Å². The number of ether oxygens (including phenoxy) is 1. The number of carbonyl (C=O) groups excluding carboxylic acids is 2. The molecule has 51 heavy (non-hydrogen) atoms. The van der Waals surface area contributed by atoms with E-state index in [1.54, 1.807) is 4.90 Å². The molecular formula is C39H58N5O6P. The zero-order valence-electron chi connectivity index (χ0n) is 31.6. The molecule has 0 aliphatic carbocycles. The predicted octanol–water partition coefficient (Wildman–Crippen LogP) is 8.30. The summed E-state index contributed by atoms with van der Waals surface area (Å²) in [5.41, 5.74) is 4.62. The van der Waals surface area contributed by atoms with E-state index >= 15 is 0 Å². The van der Waals surface area contributed by atoms with Crippen LogP contribution in [0.3, 0.4) is 0 Å². The van der Waals surface area contributed by atoms with Crippen LogP contribution in [0.4, 0.5) is 5.69 Å². The fraction of sp³-hybridized carbons (Fsp3) is 0.590. The van der Waals surface area contributed by atoms with Gasteiger partial charge in [0.15, 0.2) is 0 Å². The first-order chi connectivity index (χ1) is 24.3. The first-order valence-corrected chi connectivity index (χ1v) is 19.6. The molecule has 1 aliphatic rings. The summed E-state index contributed by atoms with van der Waals surface area (Å²) in [7, 11) is -1.82. The predicted molar refractivity (Wildman–Crippen MR) is 203 cm³/mol. The number of nitrogens with one attached hydrogen (secondary N) is 1. The van der Waals surface area contributed by atoms with Crippen LogP contribution in [0.25, 0.3) is 22.5 Å². The minimum Gasteiger partial charge on any atom is -0.375 e. The molecule has 0 radical (unpaired) electrons. The highest BCUT2D eigenvalue weighted by molar-refractivity contribution is 7.40. The van der Waals surface area contributed by atoms with Crippen molar-refractivity contribution in [3.63, 3.8) is 0 Å². The van der Waals surface area contributed by atoms with Crippen molar-refractivity contribution in [2.45, 2.75) is 130 Å². The van der Waals surface area contributed by atoms with Crippen LogP contribution in [-0.2, 0) is 35.5 Å². The van der Waals surface area contributed by atoms with Crippen LogP contribution < -0.4 is 10.2 Å². The Morgan fingerprint density at radius 3 is 2.39 bits per heavy atom. The fourth-order valence-corrected chi connectivity index (χ4v) is 7.07. The second kappa shape index (κ2) is 19.0. The van der Waals surface area contributed by atoms with Crippen molar-refractivity contribution in [2.24, 2.45) is 0 Å². The van der Waals surface area contributed by atoms with E-state index in [1.165, 1.54) is 0 Å². The number of hydrogen-bond donors (Lipinski definition) is 2. The Morgan fingerprint density at radius 2 is 1.65 bits per heavy atom. The molecule has 1 atom stereocenters. The molecule has 280 valence electrons. The summed E-state index contributed by atoms with van der Waals surface area (Å²) in [6.07, 6.45) is 6.43. The number of benzene rings is 2. The Hall–Kier alpha value is -3.21. The van der Waals surface area contributed by atoms with Gasteiger partial charge in [0.1, 0.15) is 5.69 Å². The van der Waals surface area contributed by atoms with Gasteiger partial charge in [-0.1, -0.05) is 73.9 Å². The SMILES string of the molecule is CCCC(C)(C)OCCC(C)(C)n1nnc2c1-c1ccccc1CN(C(=O)CCC(=O)NCCCCCCOP(O)OC(C)C)c1ccccc1-2. The molecule has 2 heterocycles. The first-order valence-electron chi connectivity index (χ1n) is 18.5. The third kappa shape index (κ3) is 11.6. The van der Waals surface area contributed by atoms with Gasteiger partial charge in [-0.2, -0.15) is 0 Å². The van der Waals surface area contributed by atoms with Crippen LogP contribution in [0, 0.1) is 0 Å². The molecule has 11 nitrogen and oxygen atoms in total. The largest absolute Gasteiger partial charge is 0.375 e. The standard InChI is InChI=1S/C39H58N5O6P/c1-8-23-39(6,7)48-27-24-38(4,5)44-37-31-18-12-11-17-30(31)28-43(33-20-14-13-19-32(33)36(37)41-42-44)35(46)22-21-34(45)40-25-15-9-10-16-26-49-51(47)50-29(2)3/h11-14,17-20,29,47H,8-10,15-16,21-28H2,1-7H3,(H,40,45). The quantitative estimate of drug-likeness (QED) is 0.0881. The number of carbonyl (C=O) groups is 2. The lowest BCUT2D eigenvalue weighted by Crippen LogP contribution is -2.34. The lowest BCUT2D eigenvalue weighted by atomic mass is 9.93. The molecule has 0 spiro atoms. The number of fused-ring (bicyclic) bond motifs is 5. The van der Waals surface area contributed by atoms with Gasteiger partial charge in [-0.05, 0) is 78.9 Å². The number of nitrogens with zero attached hydrogens (tertiary/aromatic N) is 4. The van der Waals surface area contributed by atoms with Crippen molar-refractivity contribution in [1.82, 2.24) is 20.3 Å². The van der Waals surface area contributed by atoms with Crippen LogP contribution in [0.2, 0.25) is 0 Å². The monoisotopic (exact) mass is 723 g/mol. The molecule has 2 aromatic carbocycles. The minimum absolute atomic E-state index is 0.0739. The number of anilines is 1. The van der Waals surface area contributed by atoms with Gasteiger partial charge >= 0.3 is 8.60 Å². The van der Waals surface area contributed by atoms with E-state index in [1.807, 2.05) is 54.9 Å². The average Bonchev–Trinajstić information content (AvgIpc) is 3.52. The maximum Gasteiger partial charge on any atom is 0.330 e. The van der Waals surface area contributed by atoms with Crippen LogP contribution in [0.5, 0.6) is 0 Å². The molecule has 0 saturated carbocycles. The van der Waals surface area contributed by atoms with E-state index in [2.05, 4.69) is 52.1 Å². The summed E-state index contributed by atoms with van der Waals surface area (Å²) in [6, 6.07) is 16.0. The van der Waals surface area contributed by atoms with Crippen LogP contribution in [0.15, 0.2) is 48.5 Å². The number of amides is 2. The molecule has 12 heteroatoms. The van der Waals surface area contributed by atoms with Gasteiger partial charge in [0.05, 0.1) is 41.8 Å². The normalized spacial score (nSPS) is 13.6. The van der Waals surface area contributed by atoms with E-state index in [-0.39, 0.29) is 36.4 Å². The summed E-state index contributed by atoms with van der Waals surface area (Å²) in [5, 5.41) is 12.4. The molecule has 2 N–H and O–H groups in total. The molecule has 0 bridgehead atoms. The van der Waals surface area contributed by atoms with Crippen molar-refractivity contribution in [1.29, 1.82) is 0 Å². The van der Waals surface area contributed by atoms with Gasteiger partial charge in [0, 0.05) is 37.1 Å². The number of aromatic nitrogens is 3. The maximum atomic E-state index is 13.9. The molecule has 0 saturated heterocycles. The number of rotatable bonds is 20. The number of para-hydroxylation sites is 1. The fourth-order valence-electron chi connectivity index (χ4n) is 6.37. The second-order valence-corrected chi connectivity index (χ2v) is 15.7. The lowest BCUT2D eigenvalue weighted by Gasteiger charge is -2.32. The van der Waals surface area contributed by atoms with Gasteiger partial charge in [-0.25, -0.2) is 4.68 Å². The topological polar surface area (TPSA) is 128 Å². The molecule has 3 aromatic rings. The molecule has 0 fully saturated rings. The molecule has 1 unspecified atom stereocenters. The van der Waals surface area contributed by atoms with Gasteiger partial charge in [0.2, 0.25) is 11.8 Å². The summed E-state index contributed by atoms with van der Waals surface area (Å²) in [4.78, 5) is 38.1. The average molecular weight is 724 g/mol. The van der Waals surface area contributed by atoms with Gasteiger partial charge in [0.25, 0.3) is 0 Å². The van der Waals surface area contributed by atoms with Crippen molar-refractivity contribution in [3.05, 3.63) is 54.1 Å². The number of hydrogen-bond acceptors (Lipinski definition) is 8. The first kappa shape index (κ1) is 40.6. The number of unbranched alkanes of at least 4 members (excludes halogenated alkanes) is 3. The molecule has 4 rings (SSSR count). The van der Waals surface area contributed by atoms with Gasteiger partial charge in [-0.15, -0.1) is 5.10 Å². The van der Waals surface area contributed by atoms with Crippen molar-refractivity contribution >= 4 is 26.1 Å². The Kier molecular flexibility index (Phi) is 15.1. The van der Waals surface area contributed by atoms with Gasteiger partial charge < -0.3 is 28.9 Å². The smallest absolute Gasteiger partial charge is 0.330 e. The highest BCUT2D eigenvalue weighted by atomic mass is 31.2. The Balaban J connectivity index is 1.41. The zero-order valence-corrected chi connectivity index (χ0v) is 32.5. The van der Waals surface area contributed by atoms with Crippen LogP contribution >= 0.6 is 8.60 Å². The van der Waals surface area contributed by atoms with E-state index in [9.17, 15) is 14.5 Å². The lowest BCUT2D eigenvalue weighted by molar-refractivity contribution is -0.125. The Morgan fingerprint density at radius 1 is 0.941 bits per heavy atom. The van der Waals surface area contributed by atoms with E-state index in [0.717, 1.165) is 78.7 Å². The molecule has 1 aliphatic heterocycles.